The molecule has 2 aromatic carbocycles. The van der Waals surface area contributed by atoms with Crippen molar-refractivity contribution in [3.63, 3.8) is 0 Å². The Morgan fingerprint density at radius 3 is 2.47 bits per heavy atom. The Bertz CT molecular complexity index is 1220. The summed E-state index contributed by atoms with van der Waals surface area (Å²) < 4.78 is 25.6. The maximum atomic E-state index is 13.9. The second-order valence-corrected chi connectivity index (χ2v) is 8.51. The van der Waals surface area contributed by atoms with E-state index in [2.05, 4.69) is 25.7 Å². The van der Waals surface area contributed by atoms with Crippen LogP contribution in [0, 0.1) is 5.82 Å². The van der Waals surface area contributed by atoms with Gasteiger partial charge in [0, 0.05) is 13.1 Å². The predicted molar refractivity (Wildman–Crippen MR) is 130 cm³/mol. The molecular formula is C27H31FN2O4. The highest BCUT2D eigenvalue weighted by Crippen LogP contribution is 2.38. The van der Waals surface area contributed by atoms with Gasteiger partial charge in [-0.05, 0) is 55.4 Å². The molecule has 0 N–H and O–H groups in total. The van der Waals surface area contributed by atoms with Crippen LogP contribution in [0.1, 0.15) is 61.3 Å². The summed E-state index contributed by atoms with van der Waals surface area (Å²) in [7, 11) is 0. The first-order valence-corrected chi connectivity index (χ1v) is 12.0. The molecule has 0 spiro atoms. The summed E-state index contributed by atoms with van der Waals surface area (Å²) in [5, 5.41) is 0.140. The van der Waals surface area contributed by atoms with Gasteiger partial charge in [-0.2, -0.15) is 0 Å². The van der Waals surface area contributed by atoms with E-state index in [0.29, 0.717) is 19.7 Å². The maximum Gasteiger partial charge on any atom is 0.290 e. The smallest absolute Gasteiger partial charge is 0.290 e. The number of rotatable bonds is 10. The van der Waals surface area contributed by atoms with Crippen molar-refractivity contribution in [1.82, 2.24) is 9.80 Å². The molecule has 0 aliphatic carbocycles. The average molecular weight is 467 g/mol. The van der Waals surface area contributed by atoms with Crippen molar-refractivity contribution in [3.8, 4) is 5.75 Å². The van der Waals surface area contributed by atoms with Gasteiger partial charge in [-0.25, -0.2) is 4.39 Å². The molecule has 6 nitrogen and oxygen atoms in total. The van der Waals surface area contributed by atoms with E-state index in [9.17, 15) is 14.0 Å². The normalized spacial score (nSPS) is 15.4. The van der Waals surface area contributed by atoms with Gasteiger partial charge in [0.05, 0.1) is 23.6 Å². The number of hydrogen-bond donors (Lipinski definition) is 0. The van der Waals surface area contributed by atoms with Crippen molar-refractivity contribution < 1.29 is 18.3 Å². The molecule has 0 fully saturated rings. The number of unbranched alkanes of at least 4 members (excludes halogenated alkanes) is 1. The first-order valence-electron chi connectivity index (χ1n) is 12.0. The molecular weight excluding hydrogens is 435 g/mol. The van der Waals surface area contributed by atoms with E-state index in [1.165, 1.54) is 18.2 Å². The van der Waals surface area contributed by atoms with Gasteiger partial charge in [-0.1, -0.05) is 39.3 Å². The molecule has 1 aliphatic heterocycles. The van der Waals surface area contributed by atoms with Crippen molar-refractivity contribution in [2.75, 3.05) is 32.8 Å². The number of halogens is 1. The van der Waals surface area contributed by atoms with E-state index in [-0.39, 0.29) is 33.6 Å². The molecule has 1 amide bonds. The zero-order valence-electron chi connectivity index (χ0n) is 20.0. The minimum absolute atomic E-state index is 0.0388. The van der Waals surface area contributed by atoms with Crippen LogP contribution in [0.4, 0.5) is 4.39 Å². The van der Waals surface area contributed by atoms with Gasteiger partial charge in [-0.15, -0.1) is 0 Å². The number of amides is 1. The summed E-state index contributed by atoms with van der Waals surface area (Å²) in [6.07, 6.45) is 2.01. The molecule has 1 unspecified atom stereocenters. The molecule has 1 aliphatic rings. The van der Waals surface area contributed by atoms with E-state index in [1.807, 2.05) is 24.3 Å². The standard InChI is InChI=1S/C27H31FN2O4/c1-4-7-16-33-20-11-8-18(9-12-20)24-23-25(31)21-17-19(28)10-13-22(21)34-26(23)27(32)30(24)15-14-29(5-2)6-3/h8-13,17,24H,4-7,14-16H2,1-3H3. The Labute approximate surface area is 198 Å². The van der Waals surface area contributed by atoms with E-state index in [0.717, 1.165) is 37.2 Å². The third kappa shape index (κ3) is 4.57. The van der Waals surface area contributed by atoms with Crippen LogP contribution in [0.3, 0.4) is 0 Å². The highest BCUT2D eigenvalue weighted by atomic mass is 19.1. The fraction of sp³-hybridized carbons (Fsp3) is 0.407. The third-order valence-electron chi connectivity index (χ3n) is 6.44. The van der Waals surface area contributed by atoms with Crippen LogP contribution >= 0.6 is 0 Å². The molecule has 3 aromatic rings. The average Bonchev–Trinajstić information content (AvgIpc) is 3.13. The summed E-state index contributed by atoms with van der Waals surface area (Å²) in [5.74, 6) is -0.0627. The summed E-state index contributed by atoms with van der Waals surface area (Å²) in [5.41, 5.74) is 0.894. The summed E-state index contributed by atoms with van der Waals surface area (Å²) in [6.45, 7) is 9.72. The lowest BCUT2D eigenvalue weighted by molar-refractivity contribution is 0.0708. The number of nitrogens with zero attached hydrogens (tertiary/aromatic N) is 2. The van der Waals surface area contributed by atoms with Gasteiger partial charge < -0.3 is 19.0 Å². The number of fused-ring (bicyclic) bond motifs is 2. The molecule has 34 heavy (non-hydrogen) atoms. The monoisotopic (exact) mass is 466 g/mol. The first kappa shape index (κ1) is 24.0. The van der Waals surface area contributed by atoms with Gasteiger partial charge >= 0.3 is 0 Å². The minimum Gasteiger partial charge on any atom is -0.494 e. The fourth-order valence-corrected chi connectivity index (χ4v) is 4.44. The number of carbonyl (C=O) groups is 1. The highest BCUT2D eigenvalue weighted by Gasteiger charge is 2.42. The Balaban J connectivity index is 1.77. The number of ether oxygens (including phenoxy) is 1. The molecule has 4 rings (SSSR count). The van der Waals surface area contributed by atoms with Gasteiger partial charge in [0.25, 0.3) is 5.91 Å². The summed E-state index contributed by atoms with van der Waals surface area (Å²) >= 11 is 0. The Morgan fingerprint density at radius 1 is 1.06 bits per heavy atom. The van der Waals surface area contributed by atoms with Gasteiger partial charge in [-0.3, -0.25) is 9.59 Å². The second kappa shape index (κ2) is 10.4. The Kier molecular flexibility index (Phi) is 7.32. The Hall–Kier alpha value is -3.19. The Morgan fingerprint density at radius 2 is 1.79 bits per heavy atom. The predicted octanol–water partition coefficient (Wildman–Crippen LogP) is 5.00. The molecule has 2 heterocycles. The lowest BCUT2D eigenvalue weighted by atomic mass is 9.98. The van der Waals surface area contributed by atoms with Crippen molar-refractivity contribution >= 4 is 16.9 Å². The molecule has 0 bridgehead atoms. The summed E-state index contributed by atoms with van der Waals surface area (Å²) in [6, 6.07) is 10.7. The number of carbonyl (C=O) groups excluding carboxylic acids is 1. The zero-order chi connectivity index (χ0) is 24.2. The van der Waals surface area contributed by atoms with Crippen molar-refractivity contribution in [1.29, 1.82) is 0 Å². The van der Waals surface area contributed by atoms with Crippen molar-refractivity contribution in [2.24, 2.45) is 0 Å². The lowest BCUT2D eigenvalue weighted by Gasteiger charge is -2.28. The zero-order valence-corrected chi connectivity index (χ0v) is 20.0. The SMILES string of the molecule is CCCCOc1ccc(C2c3c(oc4ccc(F)cc4c3=O)C(=O)N2CCN(CC)CC)cc1. The van der Waals surface area contributed by atoms with Crippen LogP contribution < -0.4 is 10.2 Å². The van der Waals surface area contributed by atoms with Gasteiger partial charge in [0.2, 0.25) is 5.76 Å². The molecule has 1 atom stereocenters. The van der Waals surface area contributed by atoms with E-state index in [1.54, 1.807) is 4.90 Å². The molecule has 1 aromatic heterocycles. The van der Waals surface area contributed by atoms with E-state index in [4.69, 9.17) is 9.15 Å². The van der Waals surface area contributed by atoms with Crippen LogP contribution in [-0.4, -0.2) is 48.5 Å². The highest BCUT2D eigenvalue weighted by molar-refractivity contribution is 5.99. The van der Waals surface area contributed by atoms with E-state index < -0.39 is 11.9 Å². The van der Waals surface area contributed by atoms with Crippen LogP contribution in [0.2, 0.25) is 0 Å². The largest absolute Gasteiger partial charge is 0.494 e. The number of likely N-dealkylation sites (N-methyl/N-ethyl adjacent to an activating group) is 1. The minimum atomic E-state index is -0.605. The van der Waals surface area contributed by atoms with Crippen molar-refractivity contribution in [2.45, 2.75) is 39.7 Å². The number of benzene rings is 2. The third-order valence-corrected chi connectivity index (χ3v) is 6.44. The van der Waals surface area contributed by atoms with Gasteiger partial charge in [0.15, 0.2) is 5.43 Å². The van der Waals surface area contributed by atoms with Gasteiger partial charge in [0.1, 0.15) is 17.1 Å². The first-order chi connectivity index (χ1) is 16.5. The lowest BCUT2D eigenvalue weighted by Crippen LogP contribution is -2.37. The topological polar surface area (TPSA) is 63.0 Å². The number of hydrogen-bond acceptors (Lipinski definition) is 5. The molecule has 180 valence electrons. The van der Waals surface area contributed by atoms with E-state index >= 15 is 0 Å². The van der Waals surface area contributed by atoms with Crippen LogP contribution in [-0.2, 0) is 0 Å². The van der Waals surface area contributed by atoms with Crippen LogP contribution in [0.25, 0.3) is 11.0 Å². The quantitative estimate of drug-likeness (QED) is 0.394. The van der Waals surface area contributed by atoms with Crippen LogP contribution in [0.5, 0.6) is 5.75 Å². The van der Waals surface area contributed by atoms with Crippen LogP contribution in [0.15, 0.2) is 51.7 Å². The molecule has 0 saturated heterocycles. The summed E-state index contributed by atoms with van der Waals surface area (Å²) in [4.78, 5) is 30.9. The molecule has 7 heteroatoms. The molecule has 0 radical (unpaired) electrons. The van der Waals surface area contributed by atoms with Crippen molar-refractivity contribution in [3.05, 3.63) is 75.4 Å². The molecule has 0 saturated carbocycles. The maximum absolute atomic E-state index is 13.9. The second-order valence-electron chi connectivity index (χ2n) is 8.51. The fourth-order valence-electron chi connectivity index (χ4n) is 4.44.